The van der Waals surface area contributed by atoms with Gasteiger partial charge < -0.3 is 10.5 Å². The molecule has 2 N–H and O–H groups in total. The molecule has 0 aliphatic carbocycles. The van der Waals surface area contributed by atoms with E-state index in [0.717, 1.165) is 5.56 Å². The first-order valence-electron chi connectivity index (χ1n) is 6.32. The quantitative estimate of drug-likeness (QED) is 0.631. The van der Waals surface area contributed by atoms with E-state index in [-0.39, 0.29) is 5.97 Å². The molecule has 3 nitrogen and oxygen atoms in total. The second-order valence-corrected chi connectivity index (χ2v) is 4.44. The Morgan fingerprint density at radius 3 is 2.47 bits per heavy atom. The highest BCUT2D eigenvalue weighted by Gasteiger charge is 2.32. The van der Waals surface area contributed by atoms with Gasteiger partial charge in [0.05, 0.1) is 7.11 Å². The predicted molar refractivity (Wildman–Crippen MR) is 78.5 cm³/mol. The maximum absolute atomic E-state index is 11.8. The van der Waals surface area contributed by atoms with Crippen LogP contribution in [0.3, 0.4) is 0 Å². The molecular weight excluding hydrogens is 238 g/mol. The van der Waals surface area contributed by atoms with Crippen molar-refractivity contribution in [1.82, 2.24) is 0 Å². The Balaban J connectivity index is 2.73. The zero-order chi connectivity index (χ0) is 14.1. The van der Waals surface area contributed by atoms with Gasteiger partial charge in [-0.05, 0) is 25.3 Å². The molecule has 0 heterocycles. The van der Waals surface area contributed by atoms with Crippen LogP contribution in [-0.2, 0) is 9.53 Å². The zero-order valence-corrected chi connectivity index (χ0v) is 11.5. The number of esters is 1. The third-order valence-electron chi connectivity index (χ3n) is 2.90. The number of hydrogen-bond acceptors (Lipinski definition) is 3. The molecule has 0 aliphatic rings. The van der Waals surface area contributed by atoms with Gasteiger partial charge in [-0.15, -0.1) is 0 Å². The van der Waals surface area contributed by atoms with Crippen molar-refractivity contribution in [2.45, 2.75) is 25.3 Å². The highest BCUT2D eigenvalue weighted by atomic mass is 16.5. The summed E-state index contributed by atoms with van der Waals surface area (Å²) in [5.41, 5.74) is 6.22. The highest BCUT2D eigenvalue weighted by Crippen LogP contribution is 2.17. The van der Waals surface area contributed by atoms with Crippen LogP contribution < -0.4 is 5.73 Å². The molecule has 0 fully saturated rings. The monoisotopic (exact) mass is 259 g/mol. The summed E-state index contributed by atoms with van der Waals surface area (Å²) in [6, 6.07) is 9.90. The minimum atomic E-state index is -0.994. The van der Waals surface area contributed by atoms with Gasteiger partial charge in [-0.3, -0.25) is 4.79 Å². The van der Waals surface area contributed by atoms with E-state index < -0.39 is 5.54 Å². The fourth-order valence-corrected chi connectivity index (χ4v) is 1.75. The molecule has 0 aliphatic heterocycles. The van der Waals surface area contributed by atoms with Crippen molar-refractivity contribution in [2.24, 2.45) is 5.73 Å². The average molecular weight is 259 g/mol. The Morgan fingerprint density at radius 2 is 1.89 bits per heavy atom. The number of ether oxygens (including phenoxy) is 1. The SMILES string of the molecule is C/C=C/C[C@](N)(C/C=C/c1ccccc1)C(=O)OC. The molecule has 0 saturated carbocycles. The lowest BCUT2D eigenvalue weighted by atomic mass is 9.91. The van der Waals surface area contributed by atoms with E-state index in [1.165, 1.54) is 7.11 Å². The fraction of sp³-hybridized carbons (Fsp3) is 0.312. The molecule has 0 spiro atoms. The number of carbonyl (C=O) groups excluding carboxylic acids is 1. The molecule has 1 aromatic rings. The lowest BCUT2D eigenvalue weighted by Gasteiger charge is -2.23. The van der Waals surface area contributed by atoms with Crippen molar-refractivity contribution >= 4 is 12.0 Å². The number of rotatable bonds is 6. The lowest BCUT2D eigenvalue weighted by Crippen LogP contribution is -2.47. The van der Waals surface area contributed by atoms with Crippen molar-refractivity contribution in [1.29, 1.82) is 0 Å². The summed E-state index contributed by atoms with van der Waals surface area (Å²) in [5.74, 6) is -0.386. The van der Waals surface area contributed by atoms with Crippen molar-refractivity contribution in [2.75, 3.05) is 7.11 Å². The molecule has 0 amide bonds. The number of nitrogens with two attached hydrogens (primary N) is 1. The molecule has 0 bridgehead atoms. The number of allylic oxidation sites excluding steroid dienone is 1. The third kappa shape index (κ3) is 4.72. The van der Waals surface area contributed by atoms with Crippen LogP contribution in [0.4, 0.5) is 0 Å². The van der Waals surface area contributed by atoms with Crippen LogP contribution in [0.15, 0.2) is 48.6 Å². The van der Waals surface area contributed by atoms with Crippen LogP contribution in [0, 0.1) is 0 Å². The first-order chi connectivity index (χ1) is 9.12. The van der Waals surface area contributed by atoms with Gasteiger partial charge in [0.2, 0.25) is 0 Å². The first-order valence-corrected chi connectivity index (χ1v) is 6.32. The molecule has 1 rings (SSSR count). The Hall–Kier alpha value is -1.87. The third-order valence-corrected chi connectivity index (χ3v) is 2.90. The number of hydrogen-bond donors (Lipinski definition) is 1. The van der Waals surface area contributed by atoms with Crippen LogP contribution in [0.2, 0.25) is 0 Å². The van der Waals surface area contributed by atoms with Gasteiger partial charge in [-0.2, -0.15) is 0 Å². The van der Waals surface area contributed by atoms with Gasteiger partial charge in [0.15, 0.2) is 0 Å². The van der Waals surface area contributed by atoms with Crippen LogP contribution in [0.1, 0.15) is 25.3 Å². The normalized spacial score (nSPS) is 14.7. The maximum Gasteiger partial charge on any atom is 0.326 e. The Morgan fingerprint density at radius 1 is 1.26 bits per heavy atom. The first kappa shape index (κ1) is 15.2. The summed E-state index contributed by atoms with van der Waals surface area (Å²) in [5, 5.41) is 0. The summed E-state index contributed by atoms with van der Waals surface area (Å²) in [6.45, 7) is 1.90. The molecule has 0 saturated heterocycles. The standard InChI is InChI=1S/C16H21NO2/c1-3-4-12-16(17,15(18)19-2)13-8-11-14-9-6-5-7-10-14/h3-11H,12-13,17H2,1-2H3/b4-3+,11-8+/t16-/m0/s1. The second kappa shape index (κ2) is 7.54. The molecular formula is C16H21NO2. The van der Waals surface area contributed by atoms with Crippen LogP contribution in [-0.4, -0.2) is 18.6 Å². The van der Waals surface area contributed by atoms with Crippen LogP contribution in [0.5, 0.6) is 0 Å². The molecule has 102 valence electrons. The summed E-state index contributed by atoms with van der Waals surface area (Å²) >= 11 is 0. The predicted octanol–water partition coefficient (Wildman–Crippen LogP) is 2.93. The van der Waals surface area contributed by atoms with Gasteiger partial charge >= 0.3 is 5.97 Å². The minimum Gasteiger partial charge on any atom is -0.468 e. The zero-order valence-electron chi connectivity index (χ0n) is 11.5. The van der Waals surface area contributed by atoms with E-state index in [2.05, 4.69) is 0 Å². The molecule has 1 aromatic carbocycles. The topological polar surface area (TPSA) is 52.3 Å². The number of carbonyl (C=O) groups is 1. The molecule has 3 heteroatoms. The summed E-state index contributed by atoms with van der Waals surface area (Å²) in [6.07, 6.45) is 8.54. The Bertz CT molecular complexity index is 451. The molecule has 19 heavy (non-hydrogen) atoms. The Labute approximate surface area is 114 Å². The molecule has 0 aromatic heterocycles. The minimum absolute atomic E-state index is 0.386. The van der Waals surface area contributed by atoms with Crippen LogP contribution in [0.25, 0.3) is 6.08 Å². The van der Waals surface area contributed by atoms with E-state index in [9.17, 15) is 4.79 Å². The van der Waals surface area contributed by atoms with E-state index >= 15 is 0 Å². The molecule has 0 radical (unpaired) electrons. The lowest BCUT2D eigenvalue weighted by molar-refractivity contribution is -0.146. The average Bonchev–Trinajstić information content (AvgIpc) is 2.45. The van der Waals surface area contributed by atoms with E-state index in [4.69, 9.17) is 10.5 Å². The van der Waals surface area contributed by atoms with Crippen molar-refractivity contribution in [3.63, 3.8) is 0 Å². The van der Waals surface area contributed by atoms with Crippen molar-refractivity contribution < 1.29 is 9.53 Å². The van der Waals surface area contributed by atoms with E-state index in [0.29, 0.717) is 12.8 Å². The van der Waals surface area contributed by atoms with E-state index in [1.807, 2.05) is 61.6 Å². The van der Waals surface area contributed by atoms with Gasteiger partial charge in [-0.25, -0.2) is 0 Å². The smallest absolute Gasteiger partial charge is 0.326 e. The van der Waals surface area contributed by atoms with Gasteiger partial charge in [-0.1, -0.05) is 54.6 Å². The summed E-state index contributed by atoms with van der Waals surface area (Å²) in [7, 11) is 1.36. The van der Waals surface area contributed by atoms with Crippen molar-refractivity contribution in [3.05, 3.63) is 54.1 Å². The van der Waals surface area contributed by atoms with Gasteiger partial charge in [0.1, 0.15) is 5.54 Å². The summed E-state index contributed by atoms with van der Waals surface area (Å²) < 4.78 is 4.78. The number of methoxy groups -OCH3 is 1. The van der Waals surface area contributed by atoms with E-state index in [1.54, 1.807) is 0 Å². The van der Waals surface area contributed by atoms with Crippen molar-refractivity contribution in [3.8, 4) is 0 Å². The maximum atomic E-state index is 11.8. The van der Waals surface area contributed by atoms with Gasteiger partial charge in [0, 0.05) is 0 Å². The largest absolute Gasteiger partial charge is 0.468 e. The molecule has 0 unspecified atom stereocenters. The van der Waals surface area contributed by atoms with Crippen LogP contribution >= 0.6 is 0 Å². The highest BCUT2D eigenvalue weighted by molar-refractivity contribution is 5.81. The Kier molecular flexibility index (Phi) is 6.03. The second-order valence-electron chi connectivity index (χ2n) is 4.44. The molecule has 1 atom stereocenters. The van der Waals surface area contributed by atoms with Gasteiger partial charge in [0.25, 0.3) is 0 Å². The summed E-state index contributed by atoms with van der Waals surface area (Å²) in [4.78, 5) is 11.8. The fourth-order valence-electron chi connectivity index (χ4n) is 1.75. The number of benzene rings is 1.